The van der Waals surface area contributed by atoms with Crippen LogP contribution >= 0.6 is 11.6 Å². The minimum absolute atomic E-state index is 0.126. The number of likely N-dealkylation sites (tertiary alicyclic amines) is 1. The fourth-order valence-electron chi connectivity index (χ4n) is 2.95. The van der Waals surface area contributed by atoms with Crippen molar-refractivity contribution in [3.05, 3.63) is 34.9 Å². The molecule has 1 fully saturated rings. The largest absolute Gasteiger partial charge is 0.469 e. The highest BCUT2D eigenvalue weighted by Crippen LogP contribution is 2.24. The van der Waals surface area contributed by atoms with E-state index in [0.29, 0.717) is 23.9 Å². The summed E-state index contributed by atoms with van der Waals surface area (Å²) in [5.41, 5.74) is 0.861. The van der Waals surface area contributed by atoms with Crippen LogP contribution in [-0.2, 0) is 9.53 Å². The predicted molar refractivity (Wildman–Crippen MR) is 86.8 cm³/mol. The highest BCUT2D eigenvalue weighted by atomic mass is 35.5. The molecule has 0 amide bonds. The molecule has 0 bridgehead atoms. The molecule has 1 atom stereocenters. The van der Waals surface area contributed by atoms with Crippen LogP contribution in [0.25, 0.3) is 0 Å². The number of carbonyl (C=O) groups excluding carboxylic acids is 1. The molecule has 1 N–H and O–H groups in total. The van der Waals surface area contributed by atoms with Crippen LogP contribution in [0.4, 0.5) is 0 Å². The summed E-state index contributed by atoms with van der Waals surface area (Å²) in [5.74, 6) is 0.456. The zero-order valence-electron chi connectivity index (χ0n) is 13.0. The molecule has 1 aliphatic rings. The molecule has 5 heteroatoms. The fraction of sp³-hybridized carbons (Fsp3) is 0.588. The number of aliphatic hydroxyl groups is 1. The van der Waals surface area contributed by atoms with E-state index in [2.05, 4.69) is 9.64 Å². The number of methoxy groups -OCH3 is 1. The van der Waals surface area contributed by atoms with Gasteiger partial charge in [-0.3, -0.25) is 4.79 Å². The Morgan fingerprint density at radius 3 is 2.82 bits per heavy atom. The Kier molecular flexibility index (Phi) is 6.68. The van der Waals surface area contributed by atoms with Gasteiger partial charge in [0.1, 0.15) is 0 Å². The van der Waals surface area contributed by atoms with Gasteiger partial charge in [0.2, 0.25) is 0 Å². The van der Waals surface area contributed by atoms with Crippen molar-refractivity contribution in [1.82, 2.24) is 4.90 Å². The molecule has 0 aromatic heterocycles. The van der Waals surface area contributed by atoms with Crippen molar-refractivity contribution in [3.8, 4) is 0 Å². The number of hydrogen-bond donors (Lipinski definition) is 1. The highest BCUT2D eigenvalue weighted by Gasteiger charge is 2.22. The second-order valence-electron chi connectivity index (χ2n) is 5.93. The molecule has 122 valence electrons. The number of rotatable bonds is 6. The van der Waals surface area contributed by atoms with Crippen LogP contribution in [0.2, 0.25) is 5.02 Å². The Labute approximate surface area is 137 Å². The lowest BCUT2D eigenvalue weighted by molar-refractivity contribution is -0.141. The molecule has 1 saturated heterocycles. The van der Waals surface area contributed by atoms with Gasteiger partial charge in [-0.25, -0.2) is 0 Å². The molecule has 0 radical (unpaired) electrons. The van der Waals surface area contributed by atoms with Gasteiger partial charge in [-0.15, -0.1) is 0 Å². The number of piperidine rings is 1. The Morgan fingerprint density at radius 2 is 2.18 bits per heavy atom. The maximum absolute atomic E-state index is 11.2. The molecule has 0 aliphatic carbocycles. The molecule has 1 unspecified atom stereocenters. The third-order valence-electron chi connectivity index (χ3n) is 4.36. The number of nitrogens with zero attached hydrogens (tertiary/aromatic N) is 1. The smallest absolute Gasteiger partial charge is 0.305 e. The van der Waals surface area contributed by atoms with Crippen molar-refractivity contribution < 1.29 is 14.6 Å². The first kappa shape index (κ1) is 17.3. The van der Waals surface area contributed by atoms with Crippen LogP contribution in [0.5, 0.6) is 0 Å². The molecular weight excluding hydrogens is 302 g/mol. The van der Waals surface area contributed by atoms with Gasteiger partial charge in [-0.05, 0) is 56.0 Å². The molecule has 1 aromatic carbocycles. The standard InChI is InChI=1S/C17H24ClNO3/c1-22-17(21)6-5-13-7-9-19(10-8-13)12-16(20)14-3-2-4-15(18)11-14/h2-4,11,13,16,20H,5-10,12H2,1H3. The van der Waals surface area contributed by atoms with E-state index in [1.54, 1.807) is 0 Å². The second-order valence-corrected chi connectivity index (χ2v) is 6.37. The minimum atomic E-state index is -0.509. The summed E-state index contributed by atoms with van der Waals surface area (Å²) >= 11 is 5.96. The zero-order chi connectivity index (χ0) is 15.9. The average Bonchev–Trinajstić information content (AvgIpc) is 2.53. The number of esters is 1. The van der Waals surface area contributed by atoms with Crippen LogP contribution in [0, 0.1) is 5.92 Å². The molecule has 1 aliphatic heterocycles. The number of hydrogen-bond acceptors (Lipinski definition) is 4. The predicted octanol–water partition coefficient (Wildman–Crippen LogP) is 3.04. The quantitative estimate of drug-likeness (QED) is 0.817. The summed E-state index contributed by atoms with van der Waals surface area (Å²) in [6.45, 7) is 2.55. The number of β-amino-alcohol motifs (C(OH)–C–C–N with tert-alkyl or cyclic N) is 1. The minimum Gasteiger partial charge on any atom is -0.469 e. The average molecular weight is 326 g/mol. The Hall–Kier alpha value is -1.10. The van der Waals surface area contributed by atoms with Crippen molar-refractivity contribution in [2.45, 2.75) is 31.8 Å². The van der Waals surface area contributed by atoms with Crippen LogP contribution in [-0.4, -0.2) is 42.7 Å². The fourth-order valence-corrected chi connectivity index (χ4v) is 3.14. The maximum Gasteiger partial charge on any atom is 0.305 e. The summed E-state index contributed by atoms with van der Waals surface area (Å²) in [5, 5.41) is 11.0. The summed E-state index contributed by atoms with van der Waals surface area (Å²) in [6, 6.07) is 7.39. The van der Waals surface area contributed by atoms with E-state index in [1.165, 1.54) is 7.11 Å². The van der Waals surface area contributed by atoms with Crippen molar-refractivity contribution >= 4 is 17.6 Å². The maximum atomic E-state index is 11.2. The van der Waals surface area contributed by atoms with E-state index in [4.69, 9.17) is 11.6 Å². The number of halogens is 1. The van der Waals surface area contributed by atoms with Crippen molar-refractivity contribution in [2.24, 2.45) is 5.92 Å². The highest BCUT2D eigenvalue weighted by molar-refractivity contribution is 6.30. The van der Waals surface area contributed by atoms with Crippen molar-refractivity contribution in [3.63, 3.8) is 0 Å². The van der Waals surface area contributed by atoms with Crippen LogP contribution < -0.4 is 0 Å². The Bertz CT molecular complexity index is 487. The third-order valence-corrected chi connectivity index (χ3v) is 4.59. The normalized spacial score (nSPS) is 18.1. The van der Waals surface area contributed by atoms with Gasteiger partial charge in [0.25, 0.3) is 0 Å². The molecule has 4 nitrogen and oxygen atoms in total. The lowest BCUT2D eigenvalue weighted by Crippen LogP contribution is -2.36. The van der Waals surface area contributed by atoms with Crippen LogP contribution in [0.15, 0.2) is 24.3 Å². The van der Waals surface area contributed by atoms with E-state index >= 15 is 0 Å². The molecular formula is C17H24ClNO3. The summed E-state index contributed by atoms with van der Waals surface area (Å²) in [7, 11) is 1.43. The topological polar surface area (TPSA) is 49.8 Å². The zero-order valence-corrected chi connectivity index (χ0v) is 13.8. The summed E-state index contributed by atoms with van der Waals surface area (Å²) in [6.07, 6.45) is 3.03. The molecule has 0 spiro atoms. The number of carbonyl (C=O) groups is 1. The molecule has 22 heavy (non-hydrogen) atoms. The van der Waals surface area contributed by atoms with Crippen LogP contribution in [0.1, 0.15) is 37.4 Å². The molecule has 1 aromatic rings. The Balaban J connectivity index is 1.74. The Morgan fingerprint density at radius 1 is 1.45 bits per heavy atom. The molecule has 2 rings (SSSR count). The van der Waals surface area contributed by atoms with Gasteiger partial charge in [0.15, 0.2) is 0 Å². The van der Waals surface area contributed by atoms with E-state index in [1.807, 2.05) is 24.3 Å². The first-order valence-electron chi connectivity index (χ1n) is 7.81. The molecule has 1 heterocycles. The van der Waals surface area contributed by atoms with Gasteiger partial charge in [-0.2, -0.15) is 0 Å². The van der Waals surface area contributed by atoms with Gasteiger partial charge < -0.3 is 14.7 Å². The van der Waals surface area contributed by atoms with E-state index in [0.717, 1.165) is 37.9 Å². The van der Waals surface area contributed by atoms with Gasteiger partial charge in [0.05, 0.1) is 13.2 Å². The van der Waals surface area contributed by atoms with Crippen molar-refractivity contribution in [1.29, 1.82) is 0 Å². The SMILES string of the molecule is COC(=O)CCC1CCN(CC(O)c2cccc(Cl)c2)CC1. The van der Waals surface area contributed by atoms with Crippen molar-refractivity contribution in [2.75, 3.05) is 26.7 Å². The van der Waals surface area contributed by atoms with Gasteiger partial charge in [-0.1, -0.05) is 23.7 Å². The first-order valence-corrected chi connectivity index (χ1v) is 8.19. The van der Waals surface area contributed by atoms with Gasteiger partial charge in [0, 0.05) is 18.0 Å². The monoisotopic (exact) mass is 325 g/mol. The first-order chi connectivity index (χ1) is 10.6. The molecule has 0 saturated carbocycles. The van der Waals surface area contributed by atoms with E-state index in [-0.39, 0.29) is 5.97 Å². The number of benzene rings is 1. The lowest BCUT2D eigenvalue weighted by atomic mass is 9.92. The summed E-state index contributed by atoms with van der Waals surface area (Å²) < 4.78 is 4.68. The van der Waals surface area contributed by atoms with Gasteiger partial charge >= 0.3 is 5.97 Å². The second kappa shape index (κ2) is 8.51. The number of aliphatic hydroxyl groups excluding tert-OH is 1. The lowest BCUT2D eigenvalue weighted by Gasteiger charge is -2.33. The van der Waals surface area contributed by atoms with Crippen LogP contribution in [0.3, 0.4) is 0 Å². The van der Waals surface area contributed by atoms with E-state index in [9.17, 15) is 9.90 Å². The summed E-state index contributed by atoms with van der Waals surface area (Å²) in [4.78, 5) is 13.5. The number of ether oxygens (including phenoxy) is 1. The van der Waals surface area contributed by atoms with E-state index < -0.39 is 6.10 Å². The third kappa shape index (κ3) is 5.27.